The molecule has 1 heterocycles. The van der Waals surface area contributed by atoms with Crippen molar-refractivity contribution in [3.63, 3.8) is 0 Å². The Morgan fingerprint density at radius 1 is 1.25 bits per heavy atom. The van der Waals surface area contributed by atoms with Crippen molar-refractivity contribution in [1.29, 1.82) is 0 Å². The van der Waals surface area contributed by atoms with Gasteiger partial charge in [0.2, 0.25) is 0 Å². The predicted octanol–water partition coefficient (Wildman–Crippen LogP) is 2.82. The maximum Gasteiger partial charge on any atom is 0.141 e. The van der Waals surface area contributed by atoms with Gasteiger partial charge in [0.25, 0.3) is 0 Å². The Morgan fingerprint density at radius 3 is 2.95 bits per heavy atom. The van der Waals surface area contributed by atoms with E-state index < -0.39 is 0 Å². The molecule has 1 aromatic heterocycles. The third-order valence-electron chi connectivity index (χ3n) is 4.05. The topological polar surface area (TPSA) is 48.1 Å². The lowest BCUT2D eigenvalue weighted by molar-refractivity contribution is 0.403. The van der Waals surface area contributed by atoms with E-state index in [1.807, 2.05) is 6.07 Å². The van der Waals surface area contributed by atoms with Crippen LogP contribution in [0.2, 0.25) is 0 Å². The van der Waals surface area contributed by atoms with Gasteiger partial charge in [0.05, 0.1) is 13.3 Å². The molecule has 1 aliphatic carbocycles. The van der Waals surface area contributed by atoms with Crippen LogP contribution in [0.5, 0.6) is 5.75 Å². The van der Waals surface area contributed by atoms with Gasteiger partial charge < -0.3 is 10.5 Å². The lowest BCUT2D eigenvalue weighted by Gasteiger charge is -2.15. The van der Waals surface area contributed by atoms with E-state index in [-0.39, 0.29) is 6.04 Å². The number of pyridine rings is 1. The van der Waals surface area contributed by atoms with Crippen LogP contribution in [0.4, 0.5) is 0 Å². The molecule has 3 heteroatoms. The highest BCUT2D eigenvalue weighted by Crippen LogP contribution is 2.27. The fraction of sp³-hybridized carbons (Fsp3) is 0.353. The standard InChI is InChI=1S/C17H20N2O/c1-20-17-11-19-8-7-15(17)16(18)10-12-5-6-13-3-2-4-14(13)9-12/h5-9,11,16H,2-4,10,18H2,1H3. The summed E-state index contributed by atoms with van der Waals surface area (Å²) in [5.41, 5.74) is 11.7. The van der Waals surface area contributed by atoms with Crippen LogP contribution < -0.4 is 10.5 Å². The first-order chi connectivity index (χ1) is 9.78. The molecule has 0 spiro atoms. The summed E-state index contributed by atoms with van der Waals surface area (Å²) in [6, 6.07) is 8.66. The van der Waals surface area contributed by atoms with Gasteiger partial charge in [-0.3, -0.25) is 4.98 Å². The minimum Gasteiger partial charge on any atom is -0.495 e. The van der Waals surface area contributed by atoms with Gasteiger partial charge in [0.1, 0.15) is 5.75 Å². The molecule has 1 unspecified atom stereocenters. The molecule has 104 valence electrons. The number of ether oxygens (including phenoxy) is 1. The van der Waals surface area contributed by atoms with Crippen LogP contribution in [0.15, 0.2) is 36.7 Å². The molecule has 2 aromatic rings. The second kappa shape index (κ2) is 5.63. The van der Waals surface area contributed by atoms with E-state index in [0.717, 1.165) is 17.7 Å². The van der Waals surface area contributed by atoms with Gasteiger partial charge in [0, 0.05) is 17.8 Å². The minimum atomic E-state index is -0.0626. The normalized spacial score (nSPS) is 14.9. The van der Waals surface area contributed by atoms with Crippen LogP contribution >= 0.6 is 0 Å². The van der Waals surface area contributed by atoms with Crippen molar-refractivity contribution >= 4 is 0 Å². The molecule has 0 amide bonds. The Morgan fingerprint density at radius 2 is 2.10 bits per heavy atom. The zero-order chi connectivity index (χ0) is 13.9. The Balaban J connectivity index is 1.80. The molecule has 3 rings (SSSR count). The van der Waals surface area contributed by atoms with Gasteiger partial charge in [-0.15, -0.1) is 0 Å². The van der Waals surface area contributed by atoms with Crippen molar-refractivity contribution in [1.82, 2.24) is 4.98 Å². The number of rotatable bonds is 4. The van der Waals surface area contributed by atoms with Crippen LogP contribution in [0.3, 0.4) is 0 Å². The van der Waals surface area contributed by atoms with E-state index in [4.69, 9.17) is 10.5 Å². The molecule has 1 aromatic carbocycles. The highest BCUT2D eigenvalue weighted by Gasteiger charge is 2.15. The second-order valence-electron chi connectivity index (χ2n) is 5.38. The lowest BCUT2D eigenvalue weighted by atomic mass is 9.97. The van der Waals surface area contributed by atoms with Crippen LogP contribution in [0.1, 0.15) is 34.7 Å². The number of aromatic nitrogens is 1. The summed E-state index contributed by atoms with van der Waals surface area (Å²) in [6.45, 7) is 0. The summed E-state index contributed by atoms with van der Waals surface area (Å²) < 4.78 is 5.34. The van der Waals surface area contributed by atoms with Crippen molar-refractivity contribution < 1.29 is 4.74 Å². The first-order valence-corrected chi connectivity index (χ1v) is 7.12. The largest absolute Gasteiger partial charge is 0.495 e. The van der Waals surface area contributed by atoms with E-state index in [2.05, 4.69) is 23.2 Å². The van der Waals surface area contributed by atoms with Crippen LogP contribution in [0, 0.1) is 0 Å². The maximum absolute atomic E-state index is 6.34. The average molecular weight is 268 g/mol. The Hall–Kier alpha value is -1.87. The molecule has 1 aliphatic rings. The molecule has 3 nitrogen and oxygen atoms in total. The van der Waals surface area contributed by atoms with Crippen molar-refractivity contribution in [2.45, 2.75) is 31.7 Å². The summed E-state index contributed by atoms with van der Waals surface area (Å²) in [5.74, 6) is 0.765. The smallest absolute Gasteiger partial charge is 0.141 e. The number of hydrogen-bond donors (Lipinski definition) is 1. The predicted molar refractivity (Wildman–Crippen MR) is 79.9 cm³/mol. The number of nitrogens with two attached hydrogens (primary N) is 1. The van der Waals surface area contributed by atoms with Crippen LogP contribution in [-0.2, 0) is 19.3 Å². The number of hydrogen-bond acceptors (Lipinski definition) is 3. The summed E-state index contributed by atoms with van der Waals surface area (Å²) >= 11 is 0. The van der Waals surface area contributed by atoms with Crippen molar-refractivity contribution in [3.8, 4) is 5.75 Å². The Labute approximate surface area is 119 Å². The third-order valence-corrected chi connectivity index (χ3v) is 4.05. The molecule has 0 saturated carbocycles. The second-order valence-corrected chi connectivity index (χ2v) is 5.38. The zero-order valence-corrected chi connectivity index (χ0v) is 11.8. The molecule has 2 N–H and O–H groups in total. The SMILES string of the molecule is COc1cnccc1C(N)Cc1ccc2c(c1)CCC2. The fourth-order valence-corrected chi connectivity index (χ4v) is 2.98. The first kappa shape index (κ1) is 13.1. The summed E-state index contributed by atoms with van der Waals surface area (Å²) in [6.07, 6.45) is 8.02. The lowest BCUT2D eigenvalue weighted by Crippen LogP contribution is -2.14. The highest BCUT2D eigenvalue weighted by atomic mass is 16.5. The molecule has 0 bridgehead atoms. The van der Waals surface area contributed by atoms with Crippen LogP contribution in [-0.4, -0.2) is 12.1 Å². The number of methoxy groups -OCH3 is 1. The summed E-state index contributed by atoms with van der Waals surface area (Å²) in [7, 11) is 1.66. The highest BCUT2D eigenvalue weighted by molar-refractivity contribution is 5.38. The number of fused-ring (bicyclic) bond motifs is 1. The molecular formula is C17H20N2O. The Kier molecular flexibility index (Phi) is 3.70. The number of nitrogens with zero attached hydrogens (tertiary/aromatic N) is 1. The quantitative estimate of drug-likeness (QED) is 0.927. The Bertz CT molecular complexity index is 610. The molecule has 0 saturated heterocycles. The summed E-state index contributed by atoms with van der Waals surface area (Å²) in [5, 5.41) is 0. The number of benzene rings is 1. The molecule has 20 heavy (non-hydrogen) atoms. The minimum absolute atomic E-state index is 0.0626. The molecule has 0 fully saturated rings. The van der Waals surface area contributed by atoms with Crippen molar-refractivity contribution in [3.05, 3.63) is 58.9 Å². The molecule has 1 atom stereocenters. The van der Waals surface area contributed by atoms with E-state index in [9.17, 15) is 0 Å². The number of aryl methyl sites for hydroxylation is 2. The fourth-order valence-electron chi connectivity index (χ4n) is 2.98. The van der Waals surface area contributed by atoms with Gasteiger partial charge in [-0.2, -0.15) is 0 Å². The monoisotopic (exact) mass is 268 g/mol. The van der Waals surface area contributed by atoms with Gasteiger partial charge >= 0.3 is 0 Å². The maximum atomic E-state index is 6.34. The molecular weight excluding hydrogens is 248 g/mol. The van der Waals surface area contributed by atoms with Crippen molar-refractivity contribution in [2.75, 3.05) is 7.11 Å². The van der Waals surface area contributed by atoms with E-state index in [1.165, 1.54) is 36.0 Å². The third kappa shape index (κ3) is 2.54. The van der Waals surface area contributed by atoms with Gasteiger partial charge in [-0.05, 0) is 48.4 Å². The molecule has 0 aliphatic heterocycles. The van der Waals surface area contributed by atoms with Gasteiger partial charge in [-0.25, -0.2) is 0 Å². The van der Waals surface area contributed by atoms with Crippen molar-refractivity contribution in [2.24, 2.45) is 5.73 Å². The van der Waals surface area contributed by atoms with Gasteiger partial charge in [0.15, 0.2) is 0 Å². The molecule has 0 radical (unpaired) electrons. The van der Waals surface area contributed by atoms with E-state index >= 15 is 0 Å². The van der Waals surface area contributed by atoms with E-state index in [1.54, 1.807) is 19.5 Å². The zero-order valence-electron chi connectivity index (χ0n) is 11.8. The van der Waals surface area contributed by atoms with E-state index in [0.29, 0.717) is 0 Å². The average Bonchev–Trinajstić information content (AvgIpc) is 2.94. The summed E-state index contributed by atoms with van der Waals surface area (Å²) in [4.78, 5) is 4.07. The van der Waals surface area contributed by atoms with Gasteiger partial charge in [-0.1, -0.05) is 18.2 Å². The van der Waals surface area contributed by atoms with Crippen LogP contribution in [0.25, 0.3) is 0 Å². The first-order valence-electron chi connectivity index (χ1n) is 7.12.